The second-order valence-electron chi connectivity index (χ2n) is 4.71. The first kappa shape index (κ1) is 13.1. The lowest BCUT2D eigenvalue weighted by Gasteiger charge is -2.35. The molecule has 18 heavy (non-hydrogen) atoms. The molecular formula is C14H19NO3. The highest BCUT2D eigenvalue weighted by Gasteiger charge is 2.36. The molecule has 0 spiro atoms. The average molecular weight is 249 g/mol. The van der Waals surface area contributed by atoms with Crippen LogP contribution in [0, 0.1) is 11.8 Å². The molecule has 1 fully saturated rings. The predicted molar refractivity (Wildman–Crippen MR) is 67.9 cm³/mol. The Balaban J connectivity index is 2.20. The number of carbonyl (C=O) groups is 1. The van der Waals surface area contributed by atoms with E-state index in [4.69, 9.17) is 4.74 Å². The number of hydrogen-bond acceptors (Lipinski definition) is 4. The number of esters is 1. The van der Waals surface area contributed by atoms with Crippen LogP contribution in [0.25, 0.3) is 0 Å². The van der Waals surface area contributed by atoms with Gasteiger partial charge in [-0.1, -0.05) is 30.3 Å². The summed E-state index contributed by atoms with van der Waals surface area (Å²) in [6.07, 6.45) is 0.662. The van der Waals surface area contributed by atoms with Gasteiger partial charge in [0.25, 0.3) is 0 Å². The first-order valence-electron chi connectivity index (χ1n) is 6.23. The molecule has 0 aliphatic carbocycles. The van der Waals surface area contributed by atoms with Gasteiger partial charge < -0.3 is 15.2 Å². The highest BCUT2D eigenvalue weighted by atomic mass is 16.5. The summed E-state index contributed by atoms with van der Waals surface area (Å²) in [7, 11) is 1.41. The van der Waals surface area contributed by atoms with Crippen LogP contribution in [0.2, 0.25) is 0 Å². The number of hydrogen-bond donors (Lipinski definition) is 2. The van der Waals surface area contributed by atoms with E-state index in [1.807, 2.05) is 30.3 Å². The summed E-state index contributed by atoms with van der Waals surface area (Å²) in [5.41, 5.74) is 1.09. The van der Waals surface area contributed by atoms with Gasteiger partial charge >= 0.3 is 5.97 Å². The van der Waals surface area contributed by atoms with E-state index in [-0.39, 0.29) is 30.5 Å². The number of methoxy groups -OCH3 is 1. The Morgan fingerprint density at radius 3 is 2.78 bits per heavy atom. The summed E-state index contributed by atoms with van der Waals surface area (Å²) in [6.45, 7) is 0.825. The molecule has 3 atom stereocenters. The zero-order chi connectivity index (χ0) is 13.0. The summed E-state index contributed by atoms with van der Waals surface area (Å²) in [5, 5.41) is 12.6. The third-order valence-corrected chi connectivity index (χ3v) is 3.54. The van der Waals surface area contributed by atoms with Crippen molar-refractivity contribution < 1.29 is 14.6 Å². The molecule has 4 nitrogen and oxygen atoms in total. The van der Waals surface area contributed by atoms with Gasteiger partial charge in [0, 0.05) is 19.2 Å². The second-order valence-corrected chi connectivity index (χ2v) is 4.71. The quantitative estimate of drug-likeness (QED) is 0.788. The van der Waals surface area contributed by atoms with E-state index in [0.29, 0.717) is 6.42 Å². The number of rotatable bonds is 3. The molecule has 1 heterocycles. The zero-order valence-corrected chi connectivity index (χ0v) is 10.5. The molecule has 0 aromatic heterocycles. The van der Waals surface area contributed by atoms with Crippen molar-refractivity contribution in [3.8, 4) is 0 Å². The van der Waals surface area contributed by atoms with Gasteiger partial charge in [0.2, 0.25) is 0 Å². The summed E-state index contributed by atoms with van der Waals surface area (Å²) in [6, 6.07) is 9.87. The van der Waals surface area contributed by atoms with Crippen LogP contribution in [-0.4, -0.2) is 31.3 Å². The van der Waals surface area contributed by atoms with E-state index in [1.165, 1.54) is 7.11 Å². The number of carbonyl (C=O) groups excluding carboxylic acids is 1. The molecule has 1 aromatic rings. The molecule has 0 bridgehead atoms. The number of piperidine rings is 1. The average Bonchev–Trinajstić information content (AvgIpc) is 2.46. The van der Waals surface area contributed by atoms with E-state index in [0.717, 1.165) is 12.1 Å². The molecule has 2 N–H and O–H groups in total. The van der Waals surface area contributed by atoms with Crippen molar-refractivity contribution >= 4 is 5.97 Å². The van der Waals surface area contributed by atoms with Crippen molar-refractivity contribution in [1.82, 2.24) is 5.32 Å². The zero-order valence-electron chi connectivity index (χ0n) is 10.5. The maximum Gasteiger partial charge on any atom is 0.310 e. The van der Waals surface area contributed by atoms with Crippen molar-refractivity contribution in [3.63, 3.8) is 0 Å². The SMILES string of the molecule is COC(=O)[C@H]1C[C@@H](CO)CN[C@H]1c1ccccc1. The van der Waals surface area contributed by atoms with Crippen LogP contribution in [0.3, 0.4) is 0 Å². The Labute approximate surface area is 107 Å². The first-order chi connectivity index (χ1) is 8.76. The highest BCUT2D eigenvalue weighted by molar-refractivity contribution is 5.73. The molecule has 0 saturated carbocycles. The second kappa shape index (κ2) is 5.98. The minimum atomic E-state index is -0.233. The lowest BCUT2D eigenvalue weighted by Crippen LogP contribution is -2.44. The van der Waals surface area contributed by atoms with Crippen LogP contribution in [0.4, 0.5) is 0 Å². The van der Waals surface area contributed by atoms with Gasteiger partial charge in [0.15, 0.2) is 0 Å². The third kappa shape index (κ3) is 2.71. The van der Waals surface area contributed by atoms with Crippen molar-refractivity contribution in [1.29, 1.82) is 0 Å². The molecule has 2 rings (SSSR count). The van der Waals surface area contributed by atoms with E-state index in [2.05, 4.69) is 5.32 Å². The van der Waals surface area contributed by atoms with E-state index in [1.54, 1.807) is 0 Å². The molecule has 1 aromatic carbocycles. The fraction of sp³-hybridized carbons (Fsp3) is 0.500. The Kier molecular flexibility index (Phi) is 4.33. The molecule has 98 valence electrons. The summed E-state index contributed by atoms with van der Waals surface area (Å²) < 4.78 is 4.87. The fourth-order valence-corrected chi connectivity index (χ4v) is 2.55. The van der Waals surface area contributed by atoms with Gasteiger partial charge in [0.1, 0.15) is 0 Å². The van der Waals surface area contributed by atoms with Crippen LogP contribution < -0.4 is 5.32 Å². The van der Waals surface area contributed by atoms with Gasteiger partial charge in [-0.3, -0.25) is 4.79 Å². The molecule has 0 amide bonds. The van der Waals surface area contributed by atoms with Crippen LogP contribution >= 0.6 is 0 Å². The Morgan fingerprint density at radius 2 is 2.17 bits per heavy atom. The third-order valence-electron chi connectivity index (χ3n) is 3.54. The molecule has 1 aliphatic heterocycles. The molecule has 0 unspecified atom stereocenters. The van der Waals surface area contributed by atoms with Gasteiger partial charge in [-0.05, 0) is 17.9 Å². The number of aliphatic hydroxyl groups excluding tert-OH is 1. The molecular weight excluding hydrogens is 230 g/mol. The molecule has 4 heteroatoms. The fourth-order valence-electron chi connectivity index (χ4n) is 2.55. The monoisotopic (exact) mass is 249 g/mol. The van der Waals surface area contributed by atoms with Crippen molar-refractivity contribution in [2.45, 2.75) is 12.5 Å². The minimum absolute atomic E-state index is 0.0264. The summed E-state index contributed by atoms with van der Waals surface area (Å²) in [5.74, 6) is -0.327. The number of ether oxygens (including phenoxy) is 1. The Morgan fingerprint density at radius 1 is 1.44 bits per heavy atom. The number of nitrogens with one attached hydrogen (secondary N) is 1. The standard InChI is InChI=1S/C14H19NO3/c1-18-14(17)12-7-10(9-16)8-15-13(12)11-5-3-2-4-6-11/h2-6,10,12-13,15-16H,7-9H2,1H3/t10-,12+,13+/m1/s1. The van der Waals surface area contributed by atoms with Crippen molar-refractivity contribution in [2.24, 2.45) is 11.8 Å². The largest absolute Gasteiger partial charge is 0.469 e. The van der Waals surface area contributed by atoms with E-state index >= 15 is 0 Å². The Hall–Kier alpha value is -1.39. The van der Waals surface area contributed by atoms with Crippen molar-refractivity contribution in [3.05, 3.63) is 35.9 Å². The molecule has 1 aliphatic rings. The lowest BCUT2D eigenvalue weighted by atomic mass is 9.82. The van der Waals surface area contributed by atoms with Gasteiger partial charge in [0.05, 0.1) is 13.0 Å². The maximum atomic E-state index is 11.9. The lowest BCUT2D eigenvalue weighted by molar-refractivity contribution is -0.148. The van der Waals surface area contributed by atoms with Crippen LogP contribution in [0.1, 0.15) is 18.0 Å². The predicted octanol–water partition coefficient (Wildman–Crippen LogP) is 1.12. The summed E-state index contributed by atoms with van der Waals surface area (Å²) >= 11 is 0. The van der Waals surface area contributed by atoms with Gasteiger partial charge in [-0.15, -0.1) is 0 Å². The van der Waals surface area contributed by atoms with E-state index < -0.39 is 0 Å². The van der Waals surface area contributed by atoms with E-state index in [9.17, 15) is 9.90 Å². The van der Waals surface area contributed by atoms with Crippen LogP contribution in [0.5, 0.6) is 0 Å². The number of aliphatic hydroxyl groups is 1. The normalized spacial score (nSPS) is 27.8. The van der Waals surface area contributed by atoms with Crippen molar-refractivity contribution in [2.75, 3.05) is 20.3 Å². The summed E-state index contributed by atoms with van der Waals surface area (Å²) in [4.78, 5) is 11.9. The maximum absolute atomic E-state index is 11.9. The minimum Gasteiger partial charge on any atom is -0.469 e. The highest BCUT2D eigenvalue weighted by Crippen LogP contribution is 2.32. The topological polar surface area (TPSA) is 58.6 Å². The molecule has 1 saturated heterocycles. The molecule has 0 radical (unpaired) electrons. The van der Waals surface area contributed by atoms with Gasteiger partial charge in [-0.25, -0.2) is 0 Å². The number of benzene rings is 1. The first-order valence-corrected chi connectivity index (χ1v) is 6.23. The van der Waals surface area contributed by atoms with Crippen LogP contribution in [0.15, 0.2) is 30.3 Å². The van der Waals surface area contributed by atoms with Crippen LogP contribution in [-0.2, 0) is 9.53 Å². The smallest absolute Gasteiger partial charge is 0.310 e. The Bertz CT molecular complexity index is 393. The van der Waals surface area contributed by atoms with Gasteiger partial charge in [-0.2, -0.15) is 0 Å².